The molecule has 0 aliphatic carbocycles. The highest BCUT2D eigenvalue weighted by Gasteiger charge is 2.28. The first kappa shape index (κ1) is 17.3. The average Bonchev–Trinajstić information content (AvgIpc) is 2.57. The summed E-state index contributed by atoms with van der Waals surface area (Å²) in [5, 5.41) is 11.1. The first-order valence-corrected chi connectivity index (χ1v) is 7.81. The second-order valence-electron chi connectivity index (χ2n) is 5.49. The molecular formula is C19H21BO3. The van der Waals surface area contributed by atoms with Gasteiger partial charge >= 0.3 is 0 Å². The predicted octanol–water partition coefficient (Wildman–Crippen LogP) is 3.64. The van der Waals surface area contributed by atoms with E-state index in [4.69, 9.17) is 12.6 Å². The van der Waals surface area contributed by atoms with Gasteiger partial charge < -0.3 is 9.84 Å². The summed E-state index contributed by atoms with van der Waals surface area (Å²) in [6.07, 6.45) is 3.53. The van der Waals surface area contributed by atoms with Gasteiger partial charge in [0.1, 0.15) is 20.2 Å². The standard InChI is InChI=1S/C17H15BO3.C2H6/c1-10-11-5-3-4-6-12(11)16-13(15(10)14(20)9-19)7-8-17(2,18)21-16;1-2/h3-8,19H,9H2,1-2H3;1-2H3. The number of fused-ring (bicyclic) bond motifs is 3. The molecule has 1 aliphatic heterocycles. The van der Waals surface area contributed by atoms with Crippen molar-refractivity contribution in [2.45, 2.75) is 33.2 Å². The van der Waals surface area contributed by atoms with Crippen molar-refractivity contribution >= 4 is 30.5 Å². The van der Waals surface area contributed by atoms with Crippen molar-refractivity contribution in [2.24, 2.45) is 0 Å². The minimum Gasteiger partial charge on any atom is -0.492 e. The van der Waals surface area contributed by atoms with Gasteiger partial charge in [0.15, 0.2) is 5.78 Å². The molecule has 1 N–H and O–H groups in total. The Kier molecular flexibility index (Phi) is 4.95. The van der Waals surface area contributed by atoms with E-state index in [9.17, 15) is 9.90 Å². The molecule has 0 aromatic heterocycles. The molecule has 3 rings (SSSR count). The zero-order valence-corrected chi connectivity index (χ0v) is 14.0. The number of hydrogen-bond acceptors (Lipinski definition) is 3. The molecule has 1 heterocycles. The lowest BCUT2D eigenvalue weighted by molar-refractivity contribution is 0.0902. The molecule has 1 unspecified atom stereocenters. The van der Waals surface area contributed by atoms with Crippen LogP contribution in [0.1, 0.15) is 42.3 Å². The van der Waals surface area contributed by atoms with Crippen molar-refractivity contribution in [1.82, 2.24) is 0 Å². The number of ketones is 1. The van der Waals surface area contributed by atoms with Gasteiger partial charge in [0, 0.05) is 16.5 Å². The lowest BCUT2D eigenvalue weighted by Gasteiger charge is -2.31. The normalized spacial score (nSPS) is 18.7. The molecule has 0 amide bonds. The molecule has 2 aromatic carbocycles. The molecule has 0 fully saturated rings. The Morgan fingerprint density at radius 3 is 2.48 bits per heavy atom. The minimum atomic E-state index is -0.912. The molecule has 0 saturated carbocycles. The minimum absolute atomic E-state index is 0.316. The summed E-state index contributed by atoms with van der Waals surface area (Å²) >= 11 is 0. The predicted molar refractivity (Wildman–Crippen MR) is 95.3 cm³/mol. The third kappa shape index (κ3) is 3.04. The molecule has 0 spiro atoms. The van der Waals surface area contributed by atoms with Crippen molar-refractivity contribution < 1.29 is 14.6 Å². The van der Waals surface area contributed by atoms with E-state index in [0.29, 0.717) is 16.9 Å². The van der Waals surface area contributed by atoms with Crippen LogP contribution in [0.5, 0.6) is 5.75 Å². The second kappa shape index (κ2) is 6.59. The van der Waals surface area contributed by atoms with Crippen molar-refractivity contribution in [1.29, 1.82) is 0 Å². The van der Waals surface area contributed by atoms with E-state index in [0.717, 1.165) is 16.3 Å². The molecular weight excluding hydrogens is 287 g/mol. The number of carbonyl (C=O) groups excluding carboxylic acids is 1. The van der Waals surface area contributed by atoms with Crippen LogP contribution >= 0.6 is 0 Å². The van der Waals surface area contributed by atoms with Gasteiger partial charge in [-0.05, 0) is 24.8 Å². The maximum Gasteiger partial charge on any atom is 0.189 e. The van der Waals surface area contributed by atoms with Crippen LogP contribution in [-0.2, 0) is 0 Å². The number of hydrogen-bond donors (Lipinski definition) is 1. The van der Waals surface area contributed by atoms with Gasteiger partial charge in [-0.1, -0.05) is 50.3 Å². The summed E-state index contributed by atoms with van der Waals surface area (Å²) in [6, 6.07) is 7.72. The summed E-state index contributed by atoms with van der Waals surface area (Å²) in [7, 11) is 6.04. The molecule has 23 heavy (non-hydrogen) atoms. The Hall–Kier alpha value is -2.07. The van der Waals surface area contributed by atoms with E-state index >= 15 is 0 Å². The molecule has 2 radical (unpaired) electrons. The topological polar surface area (TPSA) is 46.5 Å². The summed E-state index contributed by atoms with van der Waals surface area (Å²) in [5.74, 6) is 0.281. The Labute approximate surface area is 138 Å². The number of rotatable bonds is 2. The highest BCUT2D eigenvalue weighted by atomic mass is 16.5. The van der Waals surface area contributed by atoms with Gasteiger partial charge in [-0.3, -0.25) is 4.79 Å². The molecule has 2 aromatic rings. The molecule has 0 saturated heterocycles. The SMILES string of the molecule is CC.[B]C1(C)C=Cc2c(C(=O)CO)c(C)c3ccccc3c2O1. The fraction of sp³-hybridized carbons (Fsp3) is 0.316. The number of Topliss-reactive ketones (excluding diaryl/α,β-unsaturated/α-hetero) is 1. The molecule has 3 nitrogen and oxygen atoms in total. The largest absolute Gasteiger partial charge is 0.492 e. The quantitative estimate of drug-likeness (QED) is 0.680. The molecule has 118 valence electrons. The fourth-order valence-electron chi connectivity index (χ4n) is 2.81. The fourth-order valence-corrected chi connectivity index (χ4v) is 2.81. The van der Waals surface area contributed by atoms with Crippen LogP contribution in [-0.4, -0.2) is 30.8 Å². The van der Waals surface area contributed by atoms with E-state index in [1.165, 1.54) is 0 Å². The number of carbonyl (C=O) groups is 1. The summed E-state index contributed by atoms with van der Waals surface area (Å²) < 4.78 is 5.88. The van der Waals surface area contributed by atoms with E-state index in [2.05, 4.69) is 0 Å². The zero-order valence-electron chi connectivity index (χ0n) is 14.0. The molecule has 0 bridgehead atoms. The van der Waals surface area contributed by atoms with Crippen LogP contribution in [0.15, 0.2) is 30.3 Å². The van der Waals surface area contributed by atoms with Gasteiger partial charge in [0.25, 0.3) is 0 Å². The van der Waals surface area contributed by atoms with E-state index in [1.54, 1.807) is 19.1 Å². The van der Waals surface area contributed by atoms with Gasteiger partial charge in [-0.25, -0.2) is 0 Å². The van der Waals surface area contributed by atoms with Gasteiger partial charge in [-0.15, -0.1) is 0 Å². The van der Waals surface area contributed by atoms with Crippen LogP contribution in [0, 0.1) is 6.92 Å². The van der Waals surface area contributed by atoms with E-state index in [1.807, 2.05) is 45.0 Å². The van der Waals surface area contributed by atoms with E-state index in [-0.39, 0.29) is 5.78 Å². The van der Waals surface area contributed by atoms with Crippen LogP contribution in [0.4, 0.5) is 0 Å². The lowest BCUT2D eigenvalue weighted by Crippen LogP contribution is -2.32. The maximum absolute atomic E-state index is 12.1. The maximum atomic E-state index is 12.1. The van der Waals surface area contributed by atoms with Crippen LogP contribution < -0.4 is 4.74 Å². The molecule has 1 atom stereocenters. The zero-order chi connectivity index (χ0) is 17.2. The van der Waals surface area contributed by atoms with Gasteiger partial charge in [0.2, 0.25) is 0 Å². The van der Waals surface area contributed by atoms with Crippen LogP contribution in [0.2, 0.25) is 0 Å². The lowest BCUT2D eigenvalue weighted by atomic mass is 9.79. The Morgan fingerprint density at radius 2 is 1.87 bits per heavy atom. The van der Waals surface area contributed by atoms with Crippen LogP contribution in [0.25, 0.3) is 16.8 Å². The number of benzene rings is 2. The third-order valence-electron chi connectivity index (χ3n) is 3.79. The van der Waals surface area contributed by atoms with Crippen molar-refractivity contribution in [3.05, 3.63) is 47.0 Å². The second-order valence-corrected chi connectivity index (χ2v) is 5.49. The summed E-state index contributed by atoms with van der Waals surface area (Å²) in [4.78, 5) is 12.1. The van der Waals surface area contributed by atoms with Gasteiger partial charge in [0.05, 0.1) is 5.50 Å². The first-order chi connectivity index (χ1) is 10.9. The Balaban J connectivity index is 0.000000924. The van der Waals surface area contributed by atoms with Crippen LogP contribution in [0.3, 0.4) is 0 Å². The Bertz CT molecular complexity index is 776. The number of aryl methyl sites for hydroxylation is 1. The van der Waals surface area contributed by atoms with E-state index < -0.39 is 12.1 Å². The number of aliphatic hydroxyl groups excluding tert-OH is 1. The third-order valence-corrected chi connectivity index (χ3v) is 3.79. The first-order valence-electron chi connectivity index (χ1n) is 7.81. The summed E-state index contributed by atoms with van der Waals surface area (Å²) in [6.45, 7) is 7.11. The Morgan fingerprint density at radius 1 is 1.26 bits per heavy atom. The molecule has 4 heteroatoms. The molecule has 1 aliphatic rings. The smallest absolute Gasteiger partial charge is 0.189 e. The highest BCUT2D eigenvalue weighted by Crippen LogP contribution is 2.41. The number of ether oxygens (including phenoxy) is 1. The van der Waals surface area contributed by atoms with Gasteiger partial charge in [-0.2, -0.15) is 0 Å². The highest BCUT2D eigenvalue weighted by molar-refractivity contribution is 6.17. The van der Waals surface area contributed by atoms with Crippen molar-refractivity contribution in [3.8, 4) is 5.75 Å². The average molecular weight is 308 g/mol. The van der Waals surface area contributed by atoms with Crippen molar-refractivity contribution in [3.63, 3.8) is 0 Å². The monoisotopic (exact) mass is 308 g/mol. The summed E-state index contributed by atoms with van der Waals surface area (Å²) in [5.41, 5.74) is 1.12. The number of aliphatic hydroxyl groups is 1. The van der Waals surface area contributed by atoms with Crippen molar-refractivity contribution in [2.75, 3.05) is 6.61 Å².